The molecule has 0 radical (unpaired) electrons. The second-order valence-corrected chi connectivity index (χ2v) is 4.64. The summed E-state index contributed by atoms with van der Waals surface area (Å²) in [6.07, 6.45) is 3.51. The average Bonchev–Trinajstić information content (AvgIpc) is 2.29. The van der Waals surface area contributed by atoms with E-state index in [2.05, 4.69) is 10.6 Å². The van der Waals surface area contributed by atoms with E-state index < -0.39 is 5.97 Å². The van der Waals surface area contributed by atoms with Crippen LogP contribution in [0, 0.1) is 5.92 Å². The van der Waals surface area contributed by atoms with E-state index in [1.54, 1.807) is 0 Å². The molecule has 0 saturated carbocycles. The third-order valence-corrected chi connectivity index (χ3v) is 3.07. The Kier molecular flexibility index (Phi) is 5.97. The quantitative estimate of drug-likeness (QED) is 0.642. The molecule has 1 aliphatic rings. The largest absolute Gasteiger partial charge is 0.481 e. The van der Waals surface area contributed by atoms with Crippen molar-refractivity contribution in [2.75, 3.05) is 13.1 Å². The van der Waals surface area contributed by atoms with Gasteiger partial charge in [0, 0.05) is 12.6 Å². The highest BCUT2D eigenvalue weighted by molar-refractivity contribution is 5.80. The van der Waals surface area contributed by atoms with Crippen LogP contribution in [0.15, 0.2) is 0 Å². The van der Waals surface area contributed by atoms with Crippen molar-refractivity contribution in [3.8, 4) is 0 Å². The summed E-state index contributed by atoms with van der Waals surface area (Å²) < 4.78 is 0. The number of carboxylic acid groups (broad SMARTS) is 1. The maximum atomic E-state index is 11.9. The van der Waals surface area contributed by atoms with Crippen LogP contribution < -0.4 is 10.6 Å². The van der Waals surface area contributed by atoms with Crippen LogP contribution in [0.3, 0.4) is 0 Å². The zero-order valence-corrected chi connectivity index (χ0v) is 10.4. The van der Waals surface area contributed by atoms with Crippen LogP contribution in [0.25, 0.3) is 0 Å². The predicted octanol–water partition coefficient (Wildman–Crippen LogP) is 0.746. The molecule has 0 bridgehead atoms. The molecule has 0 aromatic rings. The van der Waals surface area contributed by atoms with Gasteiger partial charge in [0.25, 0.3) is 0 Å². The molecule has 17 heavy (non-hydrogen) atoms. The van der Waals surface area contributed by atoms with Gasteiger partial charge in [0.15, 0.2) is 0 Å². The Bertz CT molecular complexity index is 262. The molecule has 2 atom stereocenters. The second kappa shape index (κ2) is 7.27. The number of amides is 1. The molecule has 1 unspecified atom stereocenters. The topological polar surface area (TPSA) is 78.4 Å². The van der Waals surface area contributed by atoms with Crippen molar-refractivity contribution in [3.05, 3.63) is 0 Å². The fraction of sp³-hybridized carbons (Fsp3) is 0.833. The molecule has 1 fully saturated rings. The molecule has 98 valence electrons. The van der Waals surface area contributed by atoms with E-state index in [9.17, 15) is 9.59 Å². The van der Waals surface area contributed by atoms with Crippen LogP contribution in [-0.2, 0) is 9.59 Å². The number of carbonyl (C=O) groups excluding carboxylic acids is 1. The lowest BCUT2D eigenvalue weighted by Crippen LogP contribution is -2.45. The van der Waals surface area contributed by atoms with E-state index in [4.69, 9.17) is 5.11 Å². The molecule has 1 rings (SSSR count). The van der Waals surface area contributed by atoms with E-state index in [-0.39, 0.29) is 24.3 Å². The summed E-state index contributed by atoms with van der Waals surface area (Å²) in [7, 11) is 0. The van der Waals surface area contributed by atoms with Crippen molar-refractivity contribution in [2.24, 2.45) is 5.92 Å². The molecule has 0 aliphatic carbocycles. The van der Waals surface area contributed by atoms with Crippen LogP contribution in [0.5, 0.6) is 0 Å². The summed E-state index contributed by atoms with van der Waals surface area (Å²) in [5.74, 6) is -0.862. The lowest BCUT2D eigenvalue weighted by atomic mass is 9.97. The first kappa shape index (κ1) is 14.0. The molecule has 0 aromatic heterocycles. The van der Waals surface area contributed by atoms with Crippen molar-refractivity contribution >= 4 is 11.9 Å². The number of carboxylic acids is 1. The van der Waals surface area contributed by atoms with Gasteiger partial charge in [-0.25, -0.2) is 0 Å². The minimum absolute atomic E-state index is 0.00287. The summed E-state index contributed by atoms with van der Waals surface area (Å²) in [6.45, 7) is 3.66. The first-order chi connectivity index (χ1) is 8.13. The van der Waals surface area contributed by atoms with E-state index >= 15 is 0 Å². The highest BCUT2D eigenvalue weighted by Crippen LogP contribution is 2.11. The van der Waals surface area contributed by atoms with Crippen LogP contribution in [-0.4, -0.2) is 36.1 Å². The smallest absolute Gasteiger partial charge is 0.305 e. The van der Waals surface area contributed by atoms with E-state index in [1.165, 1.54) is 0 Å². The van der Waals surface area contributed by atoms with E-state index in [0.717, 1.165) is 32.2 Å². The molecular weight excluding hydrogens is 220 g/mol. The number of aliphatic carboxylic acids is 1. The molecular formula is C12H22N2O3. The average molecular weight is 242 g/mol. The van der Waals surface area contributed by atoms with Crippen molar-refractivity contribution in [1.82, 2.24) is 10.6 Å². The van der Waals surface area contributed by atoms with E-state index in [0.29, 0.717) is 6.54 Å². The van der Waals surface area contributed by atoms with Crippen molar-refractivity contribution in [1.29, 1.82) is 0 Å². The Morgan fingerprint density at radius 1 is 1.53 bits per heavy atom. The van der Waals surface area contributed by atoms with Crippen LogP contribution in [0.1, 0.15) is 39.0 Å². The summed E-state index contributed by atoms with van der Waals surface area (Å²) in [6, 6.07) is -0.230. The maximum absolute atomic E-state index is 11.9. The zero-order valence-electron chi connectivity index (χ0n) is 10.4. The number of nitrogens with one attached hydrogen (secondary N) is 2. The zero-order chi connectivity index (χ0) is 12.7. The summed E-state index contributed by atoms with van der Waals surface area (Å²) in [4.78, 5) is 22.6. The van der Waals surface area contributed by atoms with Crippen molar-refractivity contribution < 1.29 is 14.7 Å². The predicted molar refractivity (Wildman–Crippen MR) is 64.7 cm³/mol. The summed E-state index contributed by atoms with van der Waals surface area (Å²) in [5, 5.41) is 14.8. The fourth-order valence-corrected chi connectivity index (χ4v) is 2.18. The Labute approximate surface area is 102 Å². The molecule has 1 amide bonds. The Balaban J connectivity index is 2.41. The summed E-state index contributed by atoms with van der Waals surface area (Å²) in [5.41, 5.74) is 0. The van der Waals surface area contributed by atoms with Gasteiger partial charge in [-0.15, -0.1) is 0 Å². The number of rotatable bonds is 6. The lowest BCUT2D eigenvalue weighted by Gasteiger charge is -2.24. The van der Waals surface area contributed by atoms with Crippen LogP contribution in [0.2, 0.25) is 0 Å². The minimum Gasteiger partial charge on any atom is -0.481 e. The number of hydrogen-bond acceptors (Lipinski definition) is 3. The molecule has 1 aliphatic heterocycles. The molecule has 0 aromatic carbocycles. The number of hydrogen-bond donors (Lipinski definition) is 3. The first-order valence-electron chi connectivity index (χ1n) is 6.36. The Morgan fingerprint density at radius 2 is 2.29 bits per heavy atom. The molecule has 1 saturated heterocycles. The van der Waals surface area contributed by atoms with Gasteiger partial charge in [0.05, 0.1) is 12.3 Å². The maximum Gasteiger partial charge on any atom is 0.305 e. The normalized spacial score (nSPS) is 21.8. The van der Waals surface area contributed by atoms with Crippen molar-refractivity contribution in [2.45, 2.75) is 45.1 Å². The second-order valence-electron chi connectivity index (χ2n) is 4.64. The highest BCUT2D eigenvalue weighted by Gasteiger charge is 2.23. The molecule has 1 heterocycles. The third-order valence-electron chi connectivity index (χ3n) is 3.07. The van der Waals surface area contributed by atoms with Gasteiger partial charge in [-0.05, 0) is 25.8 Å². The third kappa shape index (κ3) is 5.17. The van der Waals surface area contributed by atoms with Crippen LogP contribution >= 0.6 is 0 Å². The van der Waals surface area contributed by atoms with E-state index in [1.807, 2.05) is 6.92 Å². The fourth-order valence-electron chi connectivity index (χ4n) is 2.18. The minimum atomic E-state index is -0.856. The van der Waals surface area contributed by atoms with Gasteiger partial charge in [-0.1, -0.05) is 13.3 Å². The van der Waals surface area contributed by atoms with Crippen molar-refractivity contribution in [3.63, 3.8) is 0 Å². The van der Waals surface area contributed by atoms with Gasteiger partial charge >= 0.3 is 5.97 Å². The molecule has 0 spiro atoms. The first-order valence-corrected chi connectivity index (χ1v) is 6.36. The molecule has 5 nitrogen and oxygen atoms in total. The number of carbonyl (C=O) groups is 2. The van der Waals surface area contributed by atoms with Gasteiger partial charge < -0.3 is 15.7 Å². The van der Waals surface area contributed by atoms with Gasteiger partial charge in [0.2, 0.25) is 5.91 Å². The lowest BCUT2D eigenvalue weighted by molar-refractivity contribution is -0.137. The molecule has 3 N–H and O–H groups in total. The van der Waals surface area contributed by atoms with Crippen LogP contribution in [0.4, 0.5) is 0 Å². The van der Waals surface area contributed by atoms with Gasteiger partial charge in [-0.3, -0.25) is 9.59 Å². The Hall–Kier alpha value is -1.10. The standard InChI is InChI=1S/C12H22N2O3/c1-2-4-10(7-11(15)16)14-12(17)9-5-3-6-13-8-9/h9-10,13H,2-8H2,1H3,(H,14,17)(H,15,16)/t9-,10?/m1/s1. The van der Waals surface area contributed by atoms with Gasteiger partial charge in [-0.2, -0.15) is 0 Å². The number of piperidine rings is 1. The SMILES string of the molecule is CCCC(CC(=O)O)NC(=O)[C@@H]1CCCNC1. The monoisotopic (exact) mass is 242 g/mol. The highest BCUT2D eigenvalue weighted by atomic mass is 16.4. The molecule has 5 heteroatoms. The van der Waals surface area contributed by atoms with Gasteiger partial charge in [0.1, 0.15) is 0 Å². The Morgan fingerprint density at radius 3 is 2.82 bits per heavy atom. The summed E-state index contributed by atoms with van der Waals surface area (Å²) >= 11 is 0.